The third kappa shape index (κ3) is 1.69. The van der Waals surface area contributed by atoms with Crippen LogP contribution in [0.3, 0.4) is 0 Å². The van der Waals surface area contributed by atoms with Gasteiger partial charge in [0, 0.05) is 11.4 Å². The van der Waals surface area contributed by atoms with Crippen LogP contribution in [0.1, 0.15) is 21.9 Å². The van der Waals surface area contributed by atoms with Crippen LogP contribution in [0, 0.1) is 13.8 Å². The lowest BCUT2D eigenvalue weighted by atomic mass is 10.3. The van der Waals surface area contributed by atoms with Crippen molar-refractivity contribution in [3.63, 3.8) is 0 Å². The summed E-state index contributed by atoms with van der Waals surface area (Å²) in [5.41, 5.74) is 3.14. The first kappa shape index (κ1) is 10.4. The standard InChI is InChI=1S/C12H12N2O2/c1-8-3-4-9(2)14(8)10-5-6-11(12(15)16)13-7-10/h3-7H,1-2H3,(H,15,16). The molecule has 2 heterocycles. The normalized spacial score (nSPS) is 10.4. The molecular formula is C12H12N2O2. The molecule has 0 saturated carbocycles. The predicted molar refractivity (Wildman–Crippen MR) is 60.0 cm³/mol. The van der Waals surface area contributed by atoms with Crippen LogP contribution in [0.15, 0.2) is 30.5 Å². The first-order chi connectivity index (χ1) is 7.59. The van der Waals surface area contributed by atoms with Gasteiger partial charge in [0.2, 0.25) is 0 Å². The molecule has 0 aliphatic rings. The second-order valence-corrected chi connectivity index (χ2v) is 3.66. The minimum atomic E-state index is -1.01. The minimum Gasteiger partial charge on any atom is -0.477 e. The Morgan fingerprint density at radius 3 is 2.25 bits per heavy atom. The number of pyridine rings is 1. The van der Waals surface area contributed by atoms with Crippen molar-refractivity contribution in [2.75, 3.05) is 0 Å². The fourth-order valence-electron chi connectivity index (χ4n) is 1.72. The van der Waals surface area contributed by atoms with Gasteiger partial charge in [-0.05, 0) is 38.1 Å². The number of carboxylic acid groups (broad SMARTS) is 1. The average Bonchev–Trinajstić information content (AvgIpc) is 2.59. The van der Waals surface area contributed by atoms with Gasteiger partial charge in [-0.1, -0.05) is 0 Å². The highest BCUT2D eigenvalue weighted by Gasteiger charge is 2.07. The molecule has 0 aliphatic heterocycles. The number of aryl methyl sites for hydroxylation is 2. The molecule has 0 spiro atoms. The number of carbonyl (C=O) groups is 1. The second-order valence-electron chi connectivity index (χ2n) is 3.66. The van der Waals surface area contributed by atoms with Crippen LogP contribution in [-0.2, 0) is 0 Å². The van der Waals surface area contributed by atoms with Crippen LogP contribution >= 0.6 is 0 Å². The van der Waals surface area contributed by atoms with Crippen molar-refractivity contribution in [2.45, 2.75) is 13.8 Å². The largest absolute Gasteiger partial charge is 0.477 e. The summed E-state index contributed by atoms with van der Waals surface area (Å²) in [6.07, 6.45) is 1.57. The highest BCUT2D eigenvalue weighted by atomic mass is 16.4. The predicted octanol–water partition coefficient (Wildman–Crippen LogP) is 2.19. The van der Waals surface area contributed by atoms with E-state index in [9.17, 15) is 4.79 Å². The van der Waals surface area contributed by atoms with Gasteiger partial charge >= 0.3 is 5.97 Å². The lowest BCUT2D eigenvalue weighted by Gasteiger charge is -2.08. The quantitative estimate of drug-likeness (QED) is 0.837. The van der Waals surface area contributed by atoms with Gasteiger partial charge in [0.1, 0.15) is 5.69 Å². The number of rotatable bonds is 2. The molecule has 0 saturated heterocycles. The molecule has 1 N–H and O–H groups in total. The summed E-state index contributed by atoms with van der Waals surface area (Å²) in [5, 5.41) is 8.75. The molecule has 0 fully saturated rings. The first-order valence-electron chi connectivity index (χ1n) is 4.94. The summed E-state index contributed by atoms with van der Waals surface area (Å²) >= 11 is 0. The van der Waals surface area contributed by atoms with Crippen LogP contribution in [-0.4, -0.2) is 20.6 Å². The fourth-order valence-corrected chi connectivity index (χ4v) is 1.72. The highest BCUT2D eigenvalue weighted by molar-refractivity contribution is 5.85. The van der Waals surface area contributed by atoms with Gasteiger partial charge in [0.05, 0.1) is 11.9 Å². The summed E-state index contributed by atoms with van der Waals surface area (Å²) in [5.74, 6) is -1.01. The molecule has 2 rings (SSSR count). The Morgan fingerprint density at radius 2 is 1.81 bits per heavy atom. The van der Waals surface area contributed by atoms with Gasteiger partial charge < -0.3 is 9.67 Å². The smallest absolute Gasteiger partial charge is 0.354 e. The van der Waals surface area contributed by atoms with Gasteiger partial charge in [-0.15, -0.1) is 0 Å². The summed E-state index contributed by atoms with van der Waals surface area (Å²) in [6, 6.07) is 7.30. The van der Waals surface area contributed by atoms with E-state index in [-0.39, 0.29) is 5.69 Å². The molecule has 2 aromatic rings. The molecule has 4 nitrogen and oxygen atoms in total. The zero-order chi connectivity index (χ0) is 11.7. The van der Waals surface area contributed by atoms with E-state index in [1.54, 1.807) is 12.3 Å². The van der Waals surface area contributed by atoms with Crippen molar-refractivity contribution >= 4 is 5.97 Å². The number of nitrogens with zero attached hydrogens (tertiary/aromatic N) is 2. The Balaban J connectivity index is 2.46. The van der Waals surface area contributed by atoms with Gasteiger partial charge in [0.15, 0.2) is 0 Å². The van der Waals surface area contributed by atoms with Crippen LogP contribution in [0.2, 0.25) is 0 Å². The van der Waals surface area contributed by atoms with Crippen molar-refractivity contribution in [2.24, 2.45) is 0 Å². The Kier molecular flexibility index (Phi) is 2.48. The van der Waals surface area contributed by atoms with E-state index in [2.05, 4.69) is 4.98 Å². The third-order valence-corrected chi connectivity index (χ3v) is 2.50. The zero-order valence-electron chi connectivity index (χ0n) is 9.14. The number of hydrogen-bond donors (Lipinski definition) is 1. The van der Waals surface area contributed by atoms with Gasteiger partial charge in [-0.3, -0.25) is 0 Å². The van der Waals surface area contributed by atoms with E-state index in [4.69, 9.17) is 5.11 Å². The Hall–Kier alpha value is -2.10. The molecule has 82 valence electrons. The number of hydrogen-bond acceptors (Lipinski definition) is 2. The molecule has 0 unspecified atom stereocenters. The fraction of sp³-hybridized carbons (Fsp3) is 0.167. The van der Waals surface area contributed by atoms with Crippen molar-refractivity contribution in [3.05, 3.63) is 47.5 Å². The Labute approximate surface area is 93.2 Å². The van der Waals surface area contributed by atoms with E-state index < -0.39 is 5.97 Å². The molecule has 0 bridgehead atoms. The third-order valence-electron chi connectivity index (χ3n) is 2.50. The van der Waals surface area contributed by atoms with Gasteiger partial charge in [-0.2, -0.15) is 0 Å². The molecular weight excluding hydrogens is 204 g/mol. The second kappa shape index (κ2) is 3.81. The van der Waals surface area contributed by atoms with Crippen LogP contribution in [0.4, 0.5) is 0 Å². The zero-order valence-corrected chi connectivity index (χ0v) is 9.14. The summed E-state index contributed by atoms with van der Waals surface area (Å²) < 4.78 is 2.03. The Morgan fingerprint density at radius 1 is 1.19 bits per heavy atom. The molecule has 0 aliphatic carbocycles. The van der Waals surface area contributed by atoms with Crippen molar-refractivity contribution < 1.29 is 9.90 Å². The average molecular weight is 216 g/mol. The maximum atomic E-state index is 10.7. The van der Waals surface area contributed by atoms with E-state index in [0.29, 0.717) is 0 Å². The molecule has 0 atom stereocenters. The monoisotopic (exact) mass is 216 g/mol. The minimum absolute atomic E-state index is 0.0613. The van der Waals surface area contributed by atoms with Crippen LogP contribution in [0.5, 0.6) is 0 Å². The summed E-state index contributed by atoms with van der Waals surface area (Å²) in [7, 11) is 0. The number of aromatic nitrogens is 2. The van der Waals surface area contributed by atoms with E-state index >= 15 is 0 Å². The van der Waals surface area contributed by atoms with Gasteiger partial charge in [0.25, 0.3) is 0 Å². The molecule has 16 heavy (non-hydrogen) atoms. The molecule has 0 aromatic carbocycles. The molecule has 4 heteroatoms. The molecule has 0 amide bonds. The highest BCUT2D eigenvalue weighted by Crippen LogP contribution is 2.15. The van der Waals surface area contributed by atoms with Crippen molar-refractivity contribution in [1.29, 1.82) is 0 Å². The van der Waals surface area contributed by atoms with Crippen LogP contribution in [0.25, 0.3) is 5.69 Å². The summed E-state index contributed by atoms with van der Waals surface area (Å²) in [4.78, 5) is 14.6. The number of carboxylic acids is 1. The van der Waals surface area contributed by atoms with Crippen molar-refractivity contribution in [3.8, 4) is 5.69 Å². The van der Waals surface area contributed by atoms with Crippen LogP contribution < -0.4 is 0 Å². The maximum absolute atomic E-state index is 10.7. The lowest BCUT2D eigenvalue weighted by Crippen LogP contribution is -2.03. The Bertz CT molecular complexity index is 507. The lowest BCUT2D eigenvalue weighted by molar-refractivity contribution is 0.0690. The maximum Gasteiger partial charge on any atom is 0.354 e. The molecule has 0 radical (unpaired) electrons. The molecule has 2 aromatic heterocycles. The van der Waals surface area contributed by atoms with E-state index in [1.165, 1.54) is 6.07 Å². The van der Waals surface area contributed by atoms with E-state index in [1.807, 2.05) is 30.5 Å². The SMILES string of the molecule is Cc1ccc(C)n1-c1ccc(C(=O)O)nc1. The van der Waals surface area contributed by atoms with Gasteiger partial charge in [-0.25, -0.2) is 9.78 Å². The van der Waals surface area contributed by atoms with E-state index in [0.717, 1.165) is 17.1 Å². The first-order valence-corrected chi connectivity index (χ1v) is 4.94. The topological polar surface area (TPSA) is 55.1 Å². The number of aromatic carboxylic acids is 1. The summed E-state index contributed by atoms with van der Waals surface area (Å²) in [6.45, 7) is 4.00. The van der Waals surface area contributed by atoms with Crippen molar-refractivity contribution in [1.82, 2.24) is 9.55 Å².